The number of anilines is 2. The maximum Gasteiger partial charge on any atom is 0.316 e. The summed E-state index contributed by atoms with van der Waals surface area (Å²) in [6.07, 6.45) is 4.92. The molecule has 0 fully saturated rings. The van der Waals surface area contributed by atoms with Crippen molar-refractivity contribution in [3.05, 3.63) is 95.4 Å². The molecule has 0 spiro atoms. The third kappa shape index (κ3) is 4.35. The lowest BCUT2D eigenvalue weighted by Crippen LogP contribution is -2.28. The first-order valence-electron chi connectivity index (χ1n) is 12.2. The standard InChI is InChI=1S/C28H23N9O2/c1-16(33-24-23-21(12-7-13-30-23)35-27(29)36-24)25-34-20-11-6-10-19(17-14-31-28(39-2)32-15-17)22(20)26(38)37(25)18-8-4-3-5-9-18/h3-16H,1-2H3,(H3,29,33,35,36). The van der Waals surface area contributed by atoms with Crippen LogP contribution in [0.25, 0.3) is 38.8 Å². The fourth-order valence-corrected chi connectivity index (χ4v) is 4.52. The van der Waals surface area contributed by atoms with Gasteiger partial charge in [-0.2, -0.15) is 4.98 Å². The van der Waals surface area contributed by atoms with Gasteiger partial charge in [0.15, 0.2) is 5.82 Å². The highest BCUT2D eigenvalue weighted by molar-refractivity contribution is 5.94. The summed E-state index contributed by atoms with van der Waals surface area (Å²) in [6, 6.07) is 18.3. The summed E-state index contributed by atoms with van der Waals surface area (Å²) in [5.41, 5.74) is 9.47. The molecule has 1 atom stereocenters. The first kappa shape index (κ1) is 23.9. The Morgan fingerprint density at radius 2 is 1.67 bits per heavy atom. The van der Waals surface area contributed by atoms with Crippen LogP contribution >= 0.6 is 0 Å². The molecule has 0 aliphatic carbocycles. The fraction of sp³-hybridized carbons (Fsp3) is 0.107. The molecule has 0 bridgehead atoms. The molecule has 0 aliphatic rings. The van der Waals surface area contributed by atoms with Gasteiger partial charge in [0.2, 0.25) is 5.95 Å². The highest BCUT2D eigenvalue weighted by atomic mass is 16.5. The van der Waals surface area contributed by atoms with Crippen LogP contribution in [0.3, 0.4) is 0 Å². The van der Waals surface area contributed by atoms with Gasteiger partial charge in [0.1, 0.15) is 11.3 Å². The number of nitrogens with two attached hydrogens (primary N) is 1. The van der Waals surface area contributed by atoms with Crippen LogP contribution in [0, 0.1) is 0 Å². The first-order valence-corrected chi connectivity index (χ1v) is 12.2. The van der Waals surface area contributed by atoms with Gasteiger partial charge in [-0.1, -0.05) is 30.3 Å². The minimum absolute atomic E-state index is 0.114. The van der Waals surface area contributed by atoms with Gasteiger partial charge in [0.05, 0.1) is 35.3 Å². The summed E-state index contributed by atoms with van der Waals surface area (Å²) in [5.74, 6) is 1.05. The Bertz CT molecular complexity index is 1870. The number of fused-ring (bicyclic) bond motifs is 2. The second-order valence-corrected chi connectivity index (χ2v) is 8.77. The van der Waals surface area contributed by atoms with E-state index in [1.807, 2.05) is 61.5 Å². The number of para-hydroxylation sites is 1. The van der Waals surface area contributed by atoms with Gasteiger partial charge >= 0.3 is 6.01 Å². The molecule has 4 heterocycles. The normalized spacial score (nSPS) is 11.9. The van der Waals surface area contributed by atoms with Crippen molar-refractivity contribution in [2.45, 2.75) is 13.0 Å². The van der Waals surface area contributed by atoms with Crippen molar-refractivity contribution < 1.29 is 4.74 Å². The lowest BCUT2D eigenvalue weighted by Gasteiger charge is -2.21. The molecular weight excluding hydrogens is 494 g/mol. The number of nitrogens with zero attached hydrogens (tertiary/aromatic N) is 7. The summed E-state index contributed by atoms with van der Waals surface area (Å²) in [4.78, 5) is 40.7. The molecule has 6 aromatic rings. The van der Waals surface area contributed by atoms with E-state index in [1.54, 1.807) is 29.2 Å². The molecule has 0 amide bonds. The molecule has 0 radical (unpaired) electrons. The van der Waals surface area contributed by atoms with Crippen LogP contribution in [0.1, 0.15) is 18.8 Å². The number of rotatable bonds is 6. The van der Waals surface area contributed by atoms with Gasteiger partial charge in [-0.3, -0.25) is 14.3 Å². The van der Waals surface area contributed by atoms with Crippen LogP contribution in [-0.4, -0.2) is 41.6 Å². The largest absolute Gasteiger partial charge is 0.467 e. The Labute approximate surface area is 222 Å². The van der Waals surface area contributed by atoms with Crippen molar-refractivity contribution in [3.63, 3.8) is 0 Å². The fourth-order valence-electron chi connectivity index (χ4n) is 4.52. The zero-order valence-corrected chi connectivity index (χ0v) is 21.1. The summed E-state index contributed by atoms with van der Waals surface area (Å²) >= 11 is 0. The van der Waals surface area contributed by atoms with Gasteiger partial charge in [0.25, 0.3) is 5.56 Å². The summed E-state index contributed by atoms with van der Waals surface area (Å²) in [7, 11) is 1.50. The SMILES string of the molecule is COc1ncc(-c2cccc3nc(C(C)Nc4nc(N)nc5cccnc45)n(-c4ccccc4)c(=O)c23)cn1. The van der Waals surface area contributed by atoms with Crippen molar-refractivity contribution >= 4 is 33.7 Å². The molecule has 11 heteroatoms. The van der Waals surface area contributed by atoms with E-state index in [2.05, 4.69) is 30.2 Å². The highest BCUT2D eigenvalue weighted by Gasteiger charge is 2.22. The Morgan fingerprint density at radius 1 is 0.897 bits per heavy atom. The number of methoxy groups -OCH3 is 1. The van der Waals surface area contributed by atoms with Gasteiger partial charge in [-0.25, -0.2) is 19.9 Å². The Morgan fingerprint density at radius 3 is 2.44 bits per heavy atom. The zero-order chi connectivity index (χ0) is 26.9. The molecule has 6 rings (SSSR count). The van der Waals surface area contributed by atoms with E-state index in [-0.39, 0.29) is 17.5 Å². The monoisotopic (exact) mass is 517 g/mol. The molecule has 11 nitrogen and oxygen atoms in total. The van der Waals surface area contributed by atoms with E-state index in [0.717, 1.165) is 0 Å². The van der Waals surface area contributed by atoms with Gasteiger partial charge in [0, 0.05) is 24.2 Å². The van der Waals surface area contributed by atoms with E-state index in [4.69, 9.17) is 15.5 Å². The number of hydrogen-bond donors (Lipinski definition) is 2. The summed E-state index contributed by atoms with van der Waals surface area (Å²) < 4.78 is 6.69. The van der Waals surface area contributed by atoms with E-state index >= 15 is 0 Å². The predicted molar refractivity (Wildman–Crippen MR) is 149 cm³/mol. The van der Waals surface area contributed by atoms with Crippen LogP contribution in [0.4, 0.5) is 11.8 Å². The van der Waals surface area contributed by atoms with Crippen LogP contribution in [-0.2, 0) is 0 Å². The second-order valence-electron chi connectivity index (χ2n) is 8.77. The molecular formula is C28H23N9O2. The third-order valence-electron chi connectivity index (χ3n) is 6.27. The molecule has 3 N–H and O–H groups in total. The molecule has 0 saturated carbocycles. The van der Waals surface area contributed by atoms with Crippen LogP contribution < -0.4 is 21.3 Å². The minimum atomic E-state index is -0.463. The lowest BCUT2D eigenvalue weighted by atomic mass is 10.0. The number of pyridine rings is 1. The molecule has 1 unspecified atom stereocenters. The van der Waals surface area contributed by atoms with E-state index in [1.165, 1.54) is 7.11 Å². The molecule has 2 aromatic carbocycles. The number of aromatic nitrogens is 7. The van der Waals surface area contributed by atoms with Crippen LogP contribution in [0.5, 0.6) is 6.01 Å². The van der Waals surface area contributed by atoms with Crippen molar-refractivity contribution in [2.24, 2.45) is 0 Å². The van der Waals surface area contributed by atoms with Gasteiger partial charge in [-0.05, 0) is 42.8 Å². The maximum absolute atomic E-state index is 14.3. The van der Waals surface area contributed by atoms with Crippen molar-refractivity contribution in [2.75, 3.05) is 18.2 Å². The highest BCUT2D eigenvalue weighted by Crippen LogP contribution is 2.29. The Hall–Kier alpha value is -5.45. The smallest absolute Gasteiger partial charge is 0.316 e. The molecule has 0 aliphatic heterocycles. The minimum Gasteiger partial charge on any atom is -0.467 e. The molecule has 39 heavy (non-hydrogen) atoms. The predicted octanol–water partition coefficient (Wildman–Crippen LogP) is 3.94. The van der Waals surface area contributed by atoms with E-state index in [0.29, 0.717) is 50.4 Å². The first-order chi connectivity index (χ1) is 19.0. The van der Waals surface area contributed by atoms with Crippen molar-refractivity contribution in [3.8, 4) is 22.8 Å². The zero-order valence-electron chi connectivity index (χ0n) is 21.1. The van der Waals surface area contributed by atoms with Crippen molar-refractivity contribution in [1.29, 1.82) is 0 Å². The van der Waals surface area contributed by atoms with E-state index in [9.17, 15) is 4.79 Å². The molecule has 4 aromatic heterocycles. The average Bonchev–Trinajstić information content (AvgIpc) is 2.97. The maximum atomic E-state index is 14.3. The summed E-state index contributed by atoms with van der Waals surface area (Å²) in [6.45, 7) is 1.90. The number of ether oxygens (including phenoxy) is 1. The van der Waals surface area contributed by atoms with Gasteiger partial charge < -0.3 is 15.8 Å². The number of benzene rings is 2. The topological polar surface area (TPSA) is 147 Å². The average molecular weight is 518 g/mol. The van der Waals surface area contributed by atoms with E-state index < -0.39 is 6.04 Å². The van der Waals surface area contributed by atoms with Crippen LogP contribution in [0.2, 0.25) is 0 Å². The van der Waals surface area contributed by atoms with Crippen LogP contribution in [0.15, 0.2) is 84.0 Å². The second kappa shape index (κ2) is 9.78. The molecule has 192 valence electrons. The number of nitrogen functional groups attached to an aromatic ring is 1. The van der Waals surface area contributed by atoms with Gasteiger partial charge in [-0.15, -0.1) is 0 Å². The Balaban J connectivity index is 1.55. The number of hydrogen-bond acceptors (Lipinski definition) is 10. The summed E-state index contributed by atoms with van der Waals surface area (Å²) in [5, 5.41) is 3.80. The number of nitrogens with one attached hydrogen (secondary N) is 1. The lowest BCUT2D eigenvalue weighted by molar-refractivity contribution is 0.380. The quantitative estimate of drug-likeness (QED) is 0.333. The third-order valence-corrected chi connectivity index (χ3v) is 6.27. The molecule has 0 saturated heterocycles. The Kier molecular flexibility index (Phi) is 6.00. The van der Waals surface area contributed by atoms with Crippen molar-refractivity contribution in [1.82, 2.24) is 34.5 Å².